The highest BCUT2D eigenvalue weighted by atomic mass is 15.0. The third-order valence-corrected chi connectivity index (χ3v) is 9.52. The topological polar surface area (TPSA) is 17.8 Å². The van der Waals surface area contributed by atoms with Crippen molar-refractivity contribution in [3.8, 4) is 28.1 Å². The number of benzene rings is 7. The number of para-hydroxylation sites is 2. The highest BCUT2D eigenvalue weighted by molar-refractivity contribution is 6.28. The van der Waals surface area contributed by atoms with E-state index in [0.717, 1.165) is 16.9 Å². The molecule has 0 fully saturated rings. The minimum Gasteiger partial charge on any atom is -0.309 e. The summed E-state index contributed by atoms with van der Waals surface area (Å²) >= 11 is 0. The van der Waals surface area contributed by atoms with Crippen LogP contribution in [0, 0.1) is 0 Å². The van der Waals surface area contributed by atoms with Crippen LogP contribution in [0.15, 0.2) is 140 Å². The molecule has 0 saturated carbocycles. The first-order valence-corrected chi connectivity index (χ1v) is 15.7. The highest BCUT2D eigenvalue weighted by Gasteiger charge is 2.21. The van der Waals surface area contributed by atoms with Gasteiger partial charge in [-0.2, -0.15) is 0 Å². The lowest BCUT2D eigenvalue weighted by molar-refractivity contribution is 0.591. The summed E-state index contributed by atoms with van der Waals surface area (Å²) in [4.78, 5) is 4.83. The summed E-state index contributed by atoms with van der Waals surface area (Å²) in [5.41, 5.74) is 9.59. The van der Waals surface area contributed by atoms with Crippen LogP contribution in [0.4, 0.5) is 0 Å². The molecule has 0 atom stereocenters. The average Bonchev–Trinajstić information content (AvgIpc) is 3.41. The molecule has 0 aliphatic rings. The van der Waals surface area contributed by atoms with Gasteiger partial charge in [-0.15, -0.1) is 0 Å². The van der Waals surface area contributed by atoms with Gasteiger partial charge < -0.3 is 4.57 Å². The molecule has 214 valence electrons. The zero-order valence-corrected chi connectivity index (χ0v) is 25.7. The molecule has 7 aromatic carbocycles. The maximum Gasteiger partial charge on any atom is 0.0708 e. The van der Waals surface area contributed by atoms with Crippen LogP contribution in [0.2, 0.25) is 0 Å². The molecule has 0 aliphatic heterocycles. The standard InChI is InChI=1S/C43H32N2/c1-43(2,3)30-23-28-18-20-34-36(26-37(38-15-8-9-22-44-38)35-21-19-29(24-30)41(28)42(34)35)27-11-10-12-31(25-27)45-39-16-6-4-13-32(39)33-14-5-7-17-40(33)45/h4-26H,1-3H3. The van der Waals surface area contributed by atoms with Crippen molar-refractivity contribution >= 4 is 54.1 Å². The van der Waals surface area contributed by atoms with Gasteiger partial charge >= 0.3 is 0 Å². The normalized spacial score (nSPS) is 12.3. The van der Waals surface area contributed by atoms with Gasteiger partial charge in [0.2, 0.25) is 0 Å². The number of hydrogen-bond donors (Lipinski definition) is 0. The van der Waals surface area contributed by atoms with Crippen LogP contribution in [0.5, 0.6) is 0 Å². The van der Waals surface area contributed by atoms with Crippen LogP contribution in [-0.4, -0.2) is 9.55 Å². The lowest BCUT2D eigenvalue weighted by Crippen LogP contribution is -2.10. The van der Waals surface area contributed by atoms with E-state index < -0.39 is 0 Å². The second kappa shape index (κ2) is 9.51. The van der Waals surface area contributed by atoms with E-state index in [0.29, 0.717) is 0 Å². The van der Waals surface area contributed by atoms with E-state index in [4.69, 9.17) is 4.98 Å². The minimum absolute atomic E-state index is 0.0714. The average molecular weight is 577 g/mol. The summed E-state index contributed by atoms with van der Waals surface area (Å²) in [5, 5.41) is 10.3. The molecular formula is C43H32N2. The van der Waals surface area contributed by atoms with E-state index in [-0.39, 0.29) is 5.41 Å². The van der Waals surface area contributed by atoms with Crippen LogP contribution in [0.1, 0.15) is 26.3 Å². The third-order valence-electron chi connectivity index (χ3n) is 9.52. The van der Waals surface area contributed by atoms with E-state index in [1.54, 1.807) is 0 Å². The lowest BCUT2D eigenvalue weighted by Gasteiger charge is -2.23. The van der Waals surface area contributed by atoms with Crippen molar-refractivity contribution in [2.75, 3.05) is 0 Å². The van der Waals surface area contributed by atoms with Gasteiger partial charge in [-0.25, -0.2) is 0 Å². The quantitative estimate of drug-likeness (QED) is 0.191. The Balaban J connectivity index is 1.36. The summed E-state index contributed by atoms with van der Waals surface area (Å²) in [5.74, 6) is 0. The lowest BCUT2D eigenvalue weighted by atomic mass is 9.82. The largest absolute Gasteiger partial charge is 0.309 e. The molecule has 0 amide bonds. The summed E-state index contributed by atoms with van der Waals surface area (Å²) < 4.78 is 2.40. The molecule has 0 aliphatic carbocycles. The fraction of sp³-hybridized carbons (Fsp3) is 0.0930. The molecule has 0 bridgehead atoms. The minimum atomic E-state index is 0.0714. The molecule has 0 radical (unpaired) electrons. The molecule has 9 aromatic rings. The molecule has 2 heteroatoms. The van der Waals surface area contributed by atoms with Gasteiger partial charge in [0.05, 0.1) is 16.7 Å². The molecule has 0 unspecified atom stereocenters. The van der Waals surface area contributed by atoms with Crippen LogP contribution in [0.3, 0.4) is 0 Å². The van der Waals surface area contributed by atoms with Crippen LogP contribution in [-0.2, 0) is 5.41 Å². The summed E-state index contributed by atoms with van der Waals surface area (Å²) in [6, 6.07) is 49.0. The Morgan fingerprint density at radius 2 is 1.16 bits per heavy atom. The first-order chi connectivity index (χ1) is 22.0. The molecule has 2 nitrogen and oxygen atoms in total. The number of fused-ring (bicyclic) bond motifs is 3. The van der Waals surface area contributed by atoms with Gasteiger partial charge in [0.25, 0.3) is 0 Å². The molecular weight excluding hydrogens is 544 g/mol. The summed E-state index contributed by atoms with van der Waals surface area (Å²) in [6.45, 7) is 6.88. The zero-order valence-electron chi connectivity index (χ0n) is 25.7. The Morgan fingerprint density at radius 1 is 0.511 bits per heavy atom. The Morgan fingerprint density at radius 3 is 1.80 bits per heavy atom. The van der Waals surface area contributed by atoms with E-state index in [2.05, 4.69) is 153 Å². The predicted molar refractivity (Wildman–Crippen MR) is 192 cm³/mol. The van der Waals surface area contributed by atoms with E-state index in [1.807, 2.05) is 12.3 Å². The van der Waals surface area contributed by atoms with Crippen LogP contribution < -0.4 is 0 Å². The van der Waals surface area contributed by atoms with Gasteiger partial charge in [0, 0.05) is 28.2 Å². The third kappa shape index (κ3) is 3.92. The van der Waals surface area contributed by atoms with Gasteiger partial charge in [0.15, 0.2) is 0 Å². The van der Waals surface area contributed by atoms with Crippen molar-refractivity contribution in [3.63, 3.8) is 0 Å². The van der Waals surface area contributed by atoms with Crippen LogP contribution >= 0.6 is 0 Å². The van der Waals surface area contributed by atoms with E-state index >= 15 is 0 Å². The van der Waals surface area contributed by atoms with Crippen molar-refractivity contribution in [1.29, 1.82) is 0 Å². The molecule has 9 rings (SSSR count). The number of aromatic nitrogens is 2. The van der Waals surface area contributed by atoms with Gasteiger partial charge in [-0.3, -0.25) is 4.98 Å². The van der Waals surface area contributed by atoms with Gasteiger partial charge in [-0.05, 0) is 96.9 Å². The number of pyridine rings is 1. The Bertz CT molecular complexity index is 2490. The number of nitrogens with zero attached hydrogens (tertiary/aromatic N) is 2. The Hall–Kier alpha value is -5.47. The molecule has 2 heterocycles. The van der Waals surface area contributed by atoms with Crippen molar-refractivity contribution in [1.82, 2.24) is 9.55 Å². The van der Waals surface area contributed by atoms with Crippen molar-refractivity contribution in [2.45, 2.75) is 26.2 Å². The SMILES string of the molecule is CC(C)(C)c1cc2ccc3c(-c4cccc(-n5c6ccccc6c6ccccc65)c4)cc(-c4ccccn4)c4ccc(c1)c2c34. The zero-order chi connectivity index (χ0) is 30.3. The first kappa shape index (κ1) is 26.0. The monoisotopic (exact) mass is 576 g/mol. The maximum atomic E-state index is 4.83. The van der Waals surface area contributed by atoms with Crippen molar-refractivity contribution in [3.05, 3.63) is 145 Å². The number of hydrogen-bond acceptors (Lipinski definition) is 1. The van der Waals surface area contributed by atoms with Crippen molar-refractivity contribution < 1.29 is 0 Å². The van der Waals surface area contributed by atoms with Gasteiger partial charge in [-0.1, -0.05) is 112 Å². The van der Waals surface area contributed by atoms with Crippen molar-refractivity contribution in [2.24, 2.45) is 0 Å². The van der Waals surface area contributed by atoms with E-state index in [9.17, 15) is 0 Å². The smallest absolute Gasteiger partial charge is 0.0708 e. The molecule has 0 N–H and O–H groups in total. The fourth-order valence-electron chi connectivity index (χ4n) is 7.33. The second-order valence-corrected chi connectivity index (χ2v) is 13.3. The number of rotatable bonds is 3. The molecule has 0 saturated heterocycles. The highest BCUT2D eigenvalue weighted by Crippen LogP contribution is 2.45. The first-order valence-electron chi connectivity index (χ1n) is 15.7. The molecule has 2 aromatic heterocycles. The van der Waals surface area contributed by atoms with Gasteiger partial charge in [0.1, 0.15) is 0 Å². The Kier molecular flexibility index (Phi) is 5.49. The predicted octanol–water partition coefficient (Wildman–Crippen LogP) is 11.7. The van der Waals surface area contributed by atoms with E-state index in [1.165, 1.54) is 70.8 Å². The molecule has 45 heavy (non-hydrogen) atoms. The Labute approximate surface area is 262 Å². The second-order valence-electron chi connectivity index (χ2n) is 13.3. The summed E-state index contributed by atoms with van der Waals surface area (Å²) in [6.07, 6.45) is 1.89. The molecule has 0 spiro atoms. The maximum absolute atomic E-state index is 4.83. The fourth-order valence-corrected chi connectivity index (χ4v) is 7.33. The van der Waals surface area contributed by atoms with Crippen LogP contribution in [0.25, 0.3) is 82.2 Å². The summed E-state index contributed by atoms with van der Waals surface area (Å²) in [7, 11) is 0.